The number of hydrogen-bond donors (Lipinski definition) is 2. The number of benzene rings is 2. The number of nitrogens with one attached hydrogen (secondary N) is 2. The van der Waals surface area contributed by atoms with Crippen LogP contribution < -0.4 is 15.5 Å². The normalized spacial score (nSPS) is 11.3. The summed E-state index contributed by atoms with van der Waals surface area (Å²) in [5.41, 5.74) is 4.58. The van der Waals surface area contributed by atoms with Gasteiger partial charge >= 0.3 is 0 Å². The van der Waals surface area contributed by atoms with Crippen LogP contribution in [0.1, 0.15) is 42.6 Å². The van der Waals surface area contributed by atoms with Gasteiger partial charge in [0, 0.05) is 5.56 Å². The highest BCUT2D eigenvalue weighted by molar-refractivity contribution is 5.98. The van der Waals surface area contributed by atoms with E-state index in [0.29, 0.717) is 17.9 Å². The van der Waals surface area contributed by atoms with Crippen LogP contribution in [0.5, 0.6) is 5.75 Å². The number of hydrogen-bond acceptors (Lipinski definition) is 4. The van der Waals surface area contributed by atoms with Gasteiger partial charge in [-0.25, -0.2) is 5.43 Å². The average Bonchev–Trinajstić information content (AvgIpc) is 2.76. The Labute approximate surface area is 171 Å². The minimum atomic E-state index is -0.398. The first kappa shape index (κ1) is 21.9. The zero-order valence-corrected chi connectivity index (χ0v) is 16.9. The summed E-state index contributed by atoms with van der Waals surface area (Å²) in [6.45, 7) is 4.37. The van der Waals surface area contributed by atoms with E-state index in [1.54, 1.807) is 37.3 Å². The van der Waals surface area contributed by atoms with Gasteiger partial charge in [0.2, 0.25) is 0 Å². The highest BCUT2D eigenvalue weighted by Crippen LogP contribution is 2.12. The minimum Gasteiger partial charge on any atom is -0.494 e. The molecule has 2 aromatic rings. The Hall–Kier alpha value is -3.41. The maximum Gasteiger partial charge on any atom is 0.259 e. The van der Waals surface area contributed by atoms with Crippen molar-refractivity contribution in [2.75, 3.05) is 13.2 Å². The van der Waals surface area contributed by atoms with E-state index in [2.05, 4.69) is 22.8 Å². The number of unbranched alkanes of at least 4 members (excludes halogenated alkanes) is 1. The van der Waals surface area contributed by atoms with E-state index in [4.69, 9.17) is 4.74 Å². The van der Waals surface area contributed by atoms with Gasteiger partial charge in [0.05, 0.1) is 18.9 Å². The molecule has 6 nitrogen and oxygen atoms in total. The van der Waals surface area contributed by atoms with Crippen LogP contribution in [0.25, 0.3) is 6.08 Å². The molecule has 0 aliphatic carbocycles. The fraction of sp³-hybridized carbons (Fsp3) is 0.261. The lowest BCUT2D eigenvalue weighted by atomic mass is 10.2. The molecular formula is C23H27N3O3. The van der Waals surface area contributed by atoms with Crippen LogP contribution in [0, 0.1) is 0 Å². The number of amides is 2. The van der Waals surface area contributed by atoms with Crippen molar-refractivity contribution in [2.45, 2.75) is 26.7 Å². The Morgan fingerprint density at radius 3 is 2.48 bits per heavy atom. The van der Waals surface area contributed by atoms with Gasteiger partial charge in [-0.1, -0.05) is 49.8 Å². The fourth-order valence-electron chi connectivity index (χ4n) is 2.31. The summed E-state index contributed by atoms with van der Waals surface area (Å²) in [5.74, 6) is -0.00336. The van der Waals surface area contributed by atoms with Crippen molar-refractivity contribution in [1.29, 1.82) is 0 Å². The second-order valence-electron chi connectivity index (χ2n) is 6.44. The number of allylic oxidation sites excluding steroid dienone is 1. The van der Waals surface area contributed by atoms with Crippen molar-refractivity contribution in [3.05, 3.63) is 71.8 Å². The SMILES string of the molecule is CCCCOc1ccc(C(=O)NCC(=O)N/N=C(C)/C=C/c2ccccc2)cc1. The molecule has 0 unspecified atom stereocenters. The molecule has 152 valence electrons. The summed E-state index contributed by atoms with van der Waals surface area (Å²) < 4.78 is 5.57. The molecule has 0 heterocycles. The molecular weight excluding hydrogens is 366 g/mol. The molecule has 2 aromatic carbocycles. The standard InChI is InChI=1S/C23H27N3O3/c1-3-4-16-29-21-14-12-20(13-15-21)23(28)24-17-22(27)26-25-18(2)10-11-19-8-6-5-7-9-19/h5-15H,3-4,16-17H2,1-2H3,(H,24,28)(H,26,27)/b11-10+,25-18+. The Balaban J connectivity index is 1.75. The summed E-state index contributed by atoms with van der Waals surface area (Å²) in [4.78, 5) is 24.0. The molecule has 2 amide bonds. The maximum atomic E-state index is 12.1. The molecule has 0 bridgehead atoms. The van der Waals surface area contributed by atoms with Crippen LogP contribution in [0.4, 0.5) is 0 Å². The number of carbonyl (C=O) groups excluding carboxylic acids is 2. The third kappa shape index (κ3) is 8.43. The molecule has 0 fully saturated rings. The average molecular weight is 393 g/mol. The molecule has 0 aliphatic rings. The van der Waals surface area contributed by atoms with Crippen LogP contribution in [0.3, 0.4) is 0 Å². The van der Waals surface area contributed by atoms with E-state index in [0.717, 1.165) is 24.2 Å². The van der Waals surface area contributed by atoms with Crippen molar-refractivity contribution in [3.8, 4) is 5.75 Å². The first-order chi connectivity index (χ1) is 14.1. The zero-order valence-electron chi connectivity index (χ0n) is 16.9. The largest absolute Gasteiger partial charge is 0.494 e. The van der Waals surface area contributed by atoms with Crippen molar-refractivity contribution in [1.82, 2.24) is 10.7 Å². The first-order valence-corrected chi connectivity index (χ1v) is 9.66. The lowest BCUT2D eigenvalue weighted by molar-refractivity contribution is -0.120. The van der Waals surface area contributed by atoms with E-state index in [9.17, 15) is 9.59 Å². The summed E-state index contributed by atoms with van der Waals surface area (Å²) in [7, 11) is 0. The minimum absolute atomic E-state index is 0.160. The van der Waals surface area contributed by atoms with Crippen molar-refractivity contribution >= 4 is 23.6 Å². The molecule has 2 rings (SSSR count). The number of ether oxygens (including phenoxy) is 1. The smallest absolute Gasteiger partial charge is 0.259 e. The molecule has 0 radical (unpaired) electrons. The second kappa shape index (κ2) is 12.1. The predicted octanol–water partition coefficient (Wildman–Crippen LogP) is 3.80. The molecule has 2 N–H and O–H groups in total. The molecule has 0 atom stereocenters. The third-order valence-corrected chi connectivity index (χ3v) is 3.97. The monoisotopic (exact) mass is 393 g/mol. The zero-order chi connectivity index (χ0) is 20.9. The number of nitrogens with zero attached hydrogens (tertiary/aromatic N) is 1. The molecule has 0 saturated heterocycles. The van der Waals surface area contributed by atoms with Crippen LogP contribution in [0.2, 0.25) is 0 Å². The maximum absolute atomic E-state index is 12.1. The molecule has 0 saturated carbocycles. The van der Waals surface area contributed by atoms with Gasteiger partial charge in [-0.2, -0.15) is 5.10 Å². The Morgan fingerprint density at radius 1 is 1.07 bits per heavy atom. The highest BCUT2D eigenvalue weighted by Gasteiger charge is 2.08. The van der Waals surface area contributed by atoms with Gasteiger partial charge < -0.3 is 10.1 Å². The van der Waals surface area contributed by atoms with Gasteiger partial charge in [-0.15, -0.1) is 0 Å². The molecule has 0 spiro atoms. The predicted molar refractivity (Wildman–Crippen MR) is 116 cm³/mol. The fourth-order valence-corrected chi connectivity index (χ4v) is 2.31. The Bertz CT molecular complexity index is 843. The van der Waals surface area contributed by atoms with Crippen molar-refractivity contribution in [2.24, 2.45) is 5.10 Å². The van der Waals surface area contributed by atoms with E-state index in [1.807, 2.05) is 36.4 Å². The number of carbonyl (C=O) groups is 2. The number of rotatable bonds is 10. The summed E-state index contributed by atoms with van der Waals surface area (Å²) >= 11 is 0. The molecule has 6 heteroatoms. The topological polar surface area (TPSA) is 79.8 Å². The molecule has 0 aromatic heterocycles. The van der Waals surface area contributed by atoms with Crippen molar-refractivity contribution in [3.63, 3.8) is 0 Å². The van der Waals surface area contributed by atoms with Crippen LogP contribution in [-0.4, -0.2) is 30.7 Å². The van der Waals surface area contributed by atoms with E-state index < -0.39 is 5.91 Å². The van der Waals surface area contributed by atoms with Gasteiger partial charge in [-0.3, -0.25) is 9.59 Å². The first-order valence-electron chi connectivity index (χ1n) is 9.66. The summed E-state index contributed by atoms with van der Waals surface area (Å²) in [6.07, 6.45) is 5.76. The lowest BCUT2D eigenvalue weighted by Crippen LogP contribution is -2.35. The quantitative estimate of drug-likeness (QED) is 0.366. The Morgan fingerprint density at radius 2 is 1.79 bits per heavy atom. The van der Waals surface area contributed by atoms with Gasteiger partial charge in [0.15, 0.2) is 0 Å². The van der Waals surface area contributed by atoms with E-state index >= 15 is 0 Å². The molecule has 29 heavy (non-hydrogen) atoms. The lowest BCUT2D eigenvalue weighted by Gasteiger charge is -2.07. The Kier molecular flexibility index (Phi) is 9.15. The van der Waals surface area contributed by atoms with Gasteiger partial charge in [0.25, 0.3) is 11.8 Å². The van der Waals surface area contributed by atoms with E-state index in [-0.39, 0.29) is 12.5 Å². The second-order valence-corrected chi connectivity index (χ2v) is 6.44. The number of hydrazone groups is 1. The summed E-state index contributed by atoms with van der Waals surface area (Å²) in [5, 5.41) is 6.57. The van der Waals surface area contributed by atoms with Gasteiger partial charge in [-0.05, 0) is 49.2 Å². The van der Waals surface area contributed by atoms with Gasteiger partial charge in [0.1, 0.15) is 5.75 Å². The van der Waals surface area contributed by atoms with E-state index in [1.165, 1.54) is 0 Å². The molecule has 0 aliphatic heterocycles. The summed E-state index contributed by atoms with van der Waals surface area (Å²) in [6, 6.07) is 16.6. The van der Waals surface area contributed by atoms with Crippen LogP contribution in [0.15, 0.2) is 65.8 Å². The third-order valence-electron chi connectivity index (χ3n) is 3.97. The highest BCUT2D eigenvalue weighted by atomic mass is 16.5. The van der Waals surface area contributed by atoms with Crippen molar-refractivity contribution < 1.29 is 14.3 Å². The van der Waals surface area contributed by atoms with Crippen LogP contribution >= 0.6 is 0 Å². The van der Waals surface area contributed by atoms with Crippen LogP contribution in [-0.2, 0) is 4.79 Å².